The van der Waals surface area contributed by atoms with Crippen LogP contribution in [0.3, 0.4) is 0 Å². The van der Waals surface area contributed by atoms with E-state index >= 15 is 0 Å². The maximum Gasteiger partial charge on any atom is 0.291 e. The highest BCUT2D eigenvalue weighted by Crippen LogP contribution is 2.16. The zero-order chi connectivity index (χ0) is 14.5. The molecule has 2 rings (SSSR count). The molecular weight excluding hydrogens is 295 g/mol. The predicted molar refractivity (Wildman–Crippen MR) is 83.1 cm³/mol. The van der Waals surface area contributed by atoms with Gasteiger partial charge in [0.25, 0.3) is 5.56 Å². The molecule has 1 heterocycles. The van der Waals surface area contributed by atoms with E-state index in [4.69, 9.17) is 23.2 Å². The van der Waals surface area contributed by atoms with E-state index in [2.05, 4.69) is 12.0 Å². The largest absolute Gasteiger partial charge is 0.291 e. The van der Waals surface area contributed by atoms with E-state index in [1.807, 2.05) is 24.3 Å². The SMILES string of the molecule is CCCCCc1ccc(-n2ncc(Cl)c(Cl)c2=O)cc1. The molecule has 0 bridgehead atoms. The van der Waals surface area contributed by atoms with E-state index in [-0.39, 0.29) is 10.0 Å². The van der Waals surface area contributed by atoms with Gasteiger partial charge in [0.2, 0.25) is 0 Å². The van der Waals surface area contributed by atoms with Gasteiger partial charge in [-0.15, -0.1) is 0 Å². The molecule has 0 saturated carbocycles. The second-order valence-corrected chi connectivity index (χ2v) is 5.43. The minimum Gasteiger partial charge on any atom is -0.266 e. The standard InChI is InChI=1S/C15H16Cl2N2O/c1-2-3-4-5-11-6-8-12(9-7-11)19-15(20)14(17)13(16)10-18-19/h6-10H,2-5H2,1H3. The number of hydrogen-bond acceptors (Lipinski definition) is 2. The van der Waals surface area contributed by atoms with Crippen LogP contribution in [-0.4, -0.2) is 9.78 Å². The maximum atomic E-state index is 12.0. The van der Waals surface area contributed by atoms with Crippen LogP contribution in [0.2, 0.25) is 10.0 Å². The number of hydrogen-bond donors (Lipinski definition) is 0. The minimum atomic E-state index is -0.405. The van der Waals surface area contributed by atoms with Crippen LogP contribution in [0.1, 0.15) is 31.7 Å². The Bertz CT molecular complexity index is 635. The summed E-state index contributed by atoms with van der Waals surface area (Å²) in [5.41, 5.74) is 1.54. The zero-order valence-electron chi connectivity index (χ0n) is 11.3. The van der Waals surface area contributed by atoms with Crippen molar-refractivity contribution in [3.8, 4) is 5.69 Å². The molecule has 0 fully saturated rings. The Morgan fingerprint density at radius 3 is 2.50 bits per heavy atom. The van der Waals surface area contributed by atoms with Crippen molar-refractivity contribution in [2.24, 2.45) is 0 Å². The summed E-state index contributed by atoms with van der Waals surface area (Å²) >= 11 is 11.6. The van der Waals surface area contributed by atoms with E-state index in [1.165, 1.54) is 35.7 Å². The Hall–Kier alpha value is -1.32. The fraction of sp³-hybridized carbons (Fsp3) is 0.333. The van der Waals surface area contributed by atoms with Crippen LogP contribution in [-0.2, 0) is 6.42 Å². The molecule has 0 amide bonds. The van der Waals surface area contributed by atoms with Gasteiger partial charge in [-0.2, -0.15) is 9.78 Å². The molecule has 3 nitrogen and oxygen atoms in total. The molecule has 1 aromatic carbocycles. The lowest BCUT2D eigenvalue weighted by molar-refractivity contribution is 0.717. The summed E-state index contributed by atoms with van der Waals surface area (Å²) in [4.78, 5) is 12.0. The Labute approximate surface area is 128 Å². The average Bonchev–Trinajstić information content (AvgIpc) is 2.46. The van der Waals surface area contributed by atoms with Gasteiger partial charge in [-0.05, 0) is 30.5 Å². The highest BCUT2D eigenvalue weighted by Gasteiger charge is 2.08. The minimum absolute atomic E-state index is 0.00584. The van der Waals surface area contributed by atoms with Crippen molar-refractivity contribution in [1.29, 1.82) is 0 Å². The van der Waals surface area contributed by atoms with E-state index in [1.54, 1.807) is 0 Å². The first-order valence-corrected chi connectivity index (χ1v) is 7.41. The van der Waals surface area contributed by atoms with Crippen LogP contribution < -0.4 is 5.56 Å². The van der Waals surface area contributed by atoms with Gasteiger partial charge in [0.1, 0.15) is 5.02 Å². The van der Waals surface area contributed by atoms with Crippen LogP contribution in [0.25, 0.3) is 5.69 Å². The number of aromatic nitrogens is 2. The van der Waals surface area contributed by atoms with Crippen LogP contribution in [0.5, 0.6) is 0 Å². The Kier molecular flexibility index (Phi) is 5.21. The van der Waals surface area contributed by atoms with Gasteiger partial charge in [0, 0.05) is 0 Å². The van der Waals surface area contributed by atoms with Crippen molar-refractivity contribution in [3.05, 3.63) is 56.4 Å². The highest BCUT2D eigenvalue weighted by atomic mass is 35.5. The normalized spacial score (nSPS) is 10.8. The molecule has 0 N–H and O–H groups in total. The third-order valence-electron chi connectivity index (χ3n) is 3.13. The summed E-state index contributed by atoms with van der Waals surface area (Å²) < 4.78 is 1.25. The first kappa shape index (κ1) is 15.1. The fourth-order valence-corrected chi connectivity index (χ4v) is 2.23. The molecule has 0 unspecified atom stereocenters. The first-order chi connectivity index (χ1) is 9.63. The Morgan fingerprint density at radius 2 is 1.85 bits per heavy atom. The summed E-state index contributed by atoms with van der Waals surface area (Å²) in [7, 11) is 0. The lowest BCUT2D eigenvalue weighted by Crippen LogP contribution is -2.21. The number of rotatable bonds is 5. The quantitative estimate of drug-likeness (QED) is 0.773. The second kappa shape index (κ2) is 6.91. The average molecular weight is 311 g/mol. The maximum absolute atomic E-state index is 12.0. The van der Waals surface area contributed by atoms with E-state index in [9.17, 15) is 4.79 Å². The lowest BCUT2D eigenvalue weighted by Gasteiger charge is -2.07. The molecule has 0 aliphatic carbocycles. The molecule has 20 heavy (non-hydrogen) atoms. The Balaban J connectivity index is 2.22. The predicted octanol–water partition coefficient (Wildman–Crippen LogP) is 4.27. The molecule has 0 aliphatic rings. The summed E-state index contributed by atoms with van der Waals surface area (Å²) in [5, 5.41) is 4.17. The summed E-state index contributed by atoms with van der Waals surface area (Å²) in [6, 6.07) is 7.78. The Morgan fingerprint density at radius 1 is 1.15 bits per heavy atom. The van der Waals surface area contributed by atoms with Gasteiger partial charge in [0.05, 0.1) is 16.9 Å². The number of benzene rings is 1. The van der Waals surface area contributed by atoms with Gasteiger partial charge in [-0.25, -0.2) is 0 Å². The van der Waals surface area contributed by atoms with Crippen molar-refractivity contribution < 1.29 is 0 Å². The molecule has 0 atom stereocenters. The van der Waals surface area contributed by atoms with E-state index < -0.39 is 5.56 Å². The molecule has 0 aliphatic heterocycles. The number of halogens is 2. The van der Waals surface area contributed by atoms with Crippen molar-refractivity contribution in [2.75, 3.05) is 0 Å². The summed E-state index contributed by atoms with van der Waals surface area (Å²) in [5.74, 6) is 0. The topological polar surface area (TPSA) is 34.9 Å². The highest BCUT2D eigenvalue weighted by molar-refractivity contribution is 6.41. The zero-order valence-corrected chi connectivity index (χ0v) is 12.8. The monoisotopic (exact) mass is 310 g/mol. The van der Waals surface area contributed by atoms with E-state index in [0.717, 1.165) is 6.42 Å². The van der Waals surface area contributed by atoms with Gasteiger partial charge in [-0.3, -0.25) is 4.79 Å². The van der Waals surface area contributed by atoms with Crippen LogP contribution in [0, 0.1) is 0 Å². The molecule has 0 saturated heterocycles. The molecule has 2 aromatic rings. The fourth-order valence-electron chi connectivity index (χ4n) is 1.98. The van der Waals surface area contributed by atoms with Crippen LogP contribution in [0.15, 0.2) is 35.3 Å². The number of nitrogens with zero attached hydrogens (tertiary/aromatic N) is 2. The van der Waals surface area contributed by atoms with Crippen LogP contribution >= 0.6 is 23.2 Å². The van der Waals surface area contributed by atoms with Gasteiger partial charge in [-0.1, -0.05) is 55.1 Å². The van der Waals surface area contributed by atoms with Crippen molar-refractivity contribution in [1.82, 2.24) is 9.78 Å². The van der Waals surface area contributed by atoms with Crippen molar-refractivity contribution in [2.45, 2.75) is 32.6 Å². The van der Waals surface area contributed by atoms with Gasteiger partial charge < -0.3 is 0 Å². The third-order valence-corrected chi connectivity index (χ3v) is 3.87. The number of unbranched alkanes of at least 4 members (excludes halogenated alkanes) is 2. The van der Waals surface area contributed by atoms with Crippen molar-refractivity contribution >= 4 is 23.2 Å². The third kappa shape index (κ3) is 3.41. The molecule has 0 radical (unpaired) electrons. The first-order valence-electron chi connectivity index (χ1n) is 6.66. The molecule has 5 heteroatoms. The number of aryl methyl sites for hydroxylation is 1. The lowest BCUT2D eigenvalue weighted by atomic mass is 10.1. The summed E-state index contributed by atoms with van der Waals surface area (Å²) in [6.45, 7) is 2.19. The smallest absolute Gasteiger partial charge is 0.266 e. The molecule has 106 valence electrons. The molecule has 0 spiro atoms. The molecule has 1 aromatic heterocycles. The van der Waals surface area contributed by atoms with Crippen LogP contribution in [0.4, 0.5) is 0 Å². The second-order valence-electron chi connectivity index (χ2n) is 4.65. The van der Waals surface area contributed by atoms with E-state index in [0.29, 0.717) is 5.69 Å². The van der Waals surface area contributed by atoms with Crippen molar-refractivity contribution in [3.63, 3.8) is 0 Å². The molecular formula is C15H16Cl2N2O. The summed E-state index contributed by atoms with van der Waals surface area (Å²) in [6.07, 6.45) is 6.05. The van der Waals surface area contributed by atoms with Gasteiger partial charge >= 0.3 is 0 Å². The van der Waals surface area contributed by atoms with Gasteiger partial charge in [0.15, 0.2) is 0 Å².